The van der Waals surface area contributed by atoms with Crippen LogP contribution in [0.15, 0.2) is 45.6 Å². The van der Waals surface area contributed by atoms with Crippen LogP contribution in [0.4, 0.5) is 0 Å². The van der Waals surface area contributed by atoms with E-state index in [9.17, 15) is 29.4 Å². The first-order valence-electron chi connectivity index (χ1n) is 14.1. The van der Waals surface area contributed by atoms with Crippen LogP contribution in [0.1, 0.15) is 73.7 Å². The molecule has 2 aromatic heterocycles. The number of hydrogen-bond acceptors (Lipinski definition) is 6. The molecule has 2 aliphatic heterocycles. The minimum Gasteiger partial charge on any atom is -0.550 e. The van der Waals surface area contributed by atoms with Crippen LogP contribution in [-0.2, 0) is 32.0 Å². The maximum absolute atomic E-state index is 12.3. The summed E-state index contributed by atoms with van der Waals surface area (Å²) >= 11 is 0. The van der Waals surface area contributed by atoms with E-state index in [0.717, 1.165) is 27.8 Å². The number of carbonyl (C=O) groups is 4. The first kappa shape index (κ1) is 31.0. The third-order valence-electron chi connectivity index (χ3n) is 8.08. The van der Waals surface area contributed by atoms with Crippen molar-refractivity contribution in [3.05, 3.63) is 85.0 Å². The first-order valence-corrected chi connectivity index (χ1v) is 14.1. The fraction of sp³-hybridized carbons (Fsp3) is 0.303. The Bertz CT molecular complexity index is 1820. The number of amides is 2. The number of aliphatic carboxylic acids is 2. The molecule has 0 aromatic carbocycles. The number of carboxylic acids is 2. The Morgan fingerprint density at radius 3 is 2.07 bits per heavy atom. The standard InChI is InChI=1S/C33H36N4O6/c1-7-20-19(6)32(42)37-27(20)14-25-18(5)23(10-12-31(40)41)29(35-25)15-28-22(9-11-30(38)39)17(4)24(34-28)13-26-16(3)21(8-2)33(43)36-26/h7,13-15,34-35H,1,8-12H2,2-6H3,(H,37,42)(H,38,39)(H,40,41)/p-2/b24-13-,27-14-,28-15-. The predicted molar refractivity (Wildman–Crippen MR) is 159 cm³/mol. The average molecular weight is 583 g/mol. The molecule has 2 amide bonds. The van der Waals surface area contributed by atoms with Crippen LogP contribution in [0.3, 0.4) is 0 Å². The van der Waals surface area contributed by atoms with E-state index in [1.165, 1.54) is 0 Å². The van der Waals surface area contributed by atoms with Gasteiger partial charge in [-0.05, 0) is 106 Å². The molecule has 224 valence electrons. The molecule has 0 aliphatic carbocycles. The summed E-state index contributed by atoms with van der Waals surface area (Å²) in [6.07, 6.45) is 7.52. The predicted octanol–water partition coefficient (Wildman–Crippen LogP) is 0.615. The number of aromatic nitrogens is 2. The SMILES string of the molecule is C=CC1=C(C)C(=O)N/C1=C\c1[nH]c(/C=c2\[nH]/c(=C\C3=NC(=O)C(CC)=C3C)c(C)c2CCC(=O)[O-])c(CCC(=O)[O-])c1C. The smallest absolute Gasteiger partial charge is 0.273 e. The summed E-state index contributed by atoms with van der Waals surface area (Å²) in [6.45, 7) is 13.0. The van der Waals surface area contributed by atoms with Crippen molar-refractivity contribution in [2.75, 3.05) is 0 Å². The van der Waals surface area contributed by atoms with E-state index in [1.54, 1.807) is 25.2 Å². The zero-order valence-corrected chi connectivity index (χ0v) is 24.9. The van der Waals surface area contributed by atoms with Gasteiger partial charge in [0.1, 0.15) is 0 Å². The summed E-state index contributed by atoms with van der Waals surface area (Å²) in [5.74, 6) is -2.86. The molecule has 0 bridgehead atoms. The van der Waals surface area contributed by atoms with Crippen LogP contribution in [0.2, 0.25) is 0 Å². The van der Waals surface area contributed by atoms with Gasteiger partial charge in [0.15, 0.2) is 0 Å². The highest BCUT2D eigenvalue weighted by atomic mass is 16.4. The highest BCUT2D eigenvalue weighted by Gasteiger charge is 2.23. The van der Waals surface area contributed by atoms with E-state index >= 15 is 0 Å². The van der Waals surface area contributed by atoms with Gasteiger partial charge < -0.3 is 35.1 Å². The van der Waals surface area contributed by atoms with Crippen LogP contribution in [0.5, 0.6) is 0 Å². The Labute approximate surface area is 249 Å². The van der Waals surface area contributed by atoms with Crippen LogP contribution in [0.25, 0.3) is 18.2 Å². The largest absolute Gasteiger partial charge is 0.550 e. The van der Waals surface area contributed by atoms with Crippen LogP contribution in [0, 0.1) is 13.8 Å². The fourth-order valence-corrected chi connectivity index (χ4v) is 5.53. The molecule has 10 nitrogen and oxygen atoms in total. The minimum absolute atomic E-state index is 0.185. The average Bonchev–Trinajstić information content (AvgIpc) is 3.59. The van der Waals surface area contributed by atoms with Crippen molar-refractivity contribution in [3.63, 3.8) is 0 Å². The first-order chi connectivity index (χ1) is 20.4. The molecular formula is C33H34N4O6-2. The van der Waals surface area contributed by atoms with Gasteiger partial charge in [-0.1, -0.05) is 19.6 Å². The number of allylic oxidation sites excluding steroid dienone is 2. The summed E-state index contributed by atoms with van der Waals surface area (Å²) in [5, 5.41) is 26.9. The van der Waals surface area contributed by atoms with Crippen molar-refractivity contribution in [2.24, 2.45) is 4.99 Å². The van der Waals surface area contributed by atoms with E-state index in [2.05, 4.69) is 26.9 Å². The number of rotatable bonds is 11. The van der Waals surface area contributed by atoms with E-state index in [-0.39, 0.29) is 37.5 Å². The summed E-state index contributed by atoms with van der Waals surface area (Å²) in [6, 6.07) is 0. The number of aromatic amines is 2. The maximum atomic E-state index is 12.3. The number of H-pyrrole nitrogens is 2. The summed E-state index contributed by atoms with van der Waals surface area (Å²) in [5.41, 5.74) is 8.15. The van der Waals surface area contributed by atoms with Crippen molar-refractivity contribution in [1.82, 2.24) is 15.3 Å². The molecule has 0 saturated carbocycles. The third kappa shape index (κ3) is 6.28. The lowest BCUT2D eigenvalue weighted by molar-refractivity contribution is -0.307. The van der Waals surface area contributed by atoms with Gasteiger partial charge in [-0.25, -0.2) is 4.99 Å². The number of nitrogens with zero attached hydrogens (tertiary/aromatic N) is 1. The molecule has 4 rings (SSSR count). The molecule has 10 heteroatoms. The van der Waals surface area contributed by atoms with E-state index in [1.807, 2.05) is 33.8 Å². The molecule has 0 unspecified atom stereocenters. The monoisotopic (exact) mass is 582 g/mol. The molecule has 0 atom stereocenters. The molecule has 4 heterocycles. The number of hydrogen-bond donors (Lipinski definition) is 3. The Morgan fingerprint density at radius 2 is 1.49 bits per heavy atom. The molecule has 0 radical (unpaired) electrons. The number of aliphatic imine (C=N–C) groups is 1. The van der Waals surface area contributed by atoms with Gasteiger partial charge in [-0.3, -0.25) is 9.59 Å². The highest BCUT2D eigenvalue weighted by molar-refractivity contribution is 6.30. The van der Waals surface area contributed by atoms with Crippen molar-refractivity contribution in [3.8, 4) is 0 Å². The van der Waals surface area contributed by atoms with Crippen LogP contribution in [-0.4, -0.2) is 39.4 Å². The highest BCUT2D eigenvalue weighted by Crippen LogP contribution is 2.27. The Balaban J connectivity index is 1.91. The Hall–Kier alpha value is -4.99. The molecule has 3 N–H and O–H groups in total. The van der Waals surface area contributed by atoms with Gasteiger partial charge in [-0.2, -0.15) is 0 Å². The van der Waals surface area contributed by atoms with E-state index < -0.39 is 11.9 Å². The van der Waals surface area contributed by atoms with Gasteiger partial charge >= 0.3 is 0 Å². The molecule has 0 spiro atoms. The summed E-state index contributed by atoms with van der Waals surface area (Å²) in [7, 11) is 0. The van der Waals surface area contributed by atoms with Gasteiger partial charge in [-0.15, -0.1) is 0 Å². The lowest BCUT2D eigenvalue weighted by Crippen LogP contribution is -2.23. The molecule has 0 saturated heterocycles. The molecular weight excluding hydrogens is 548 g/mol. The van der Waals surface area contributed by atoms with Crippen molar-refractivity contribution < 1.29 is 29.4 Å². The van der Waals surface area contributed by atoms with E-state index in [4.69, 9.17) is 0 Å². The number of nitrogens with one attached hydrogen (secondary N) is 3. The fourth-order valence-electron chi connectivity index (χ4n) is 5.53. The maximum Gasteiger partial charge on any atom is 0.273 e. The van der Waals surface area contributed by atoms with Gasteiger partial charge in [0.05, 0.1) is 11.4 Å². The Kier molecular flexibility index (Phi) is 8.99. The van der Waals surface area contributed by atoms with E-state index in [0.29, 0.717) is 56.6 Å². The van der Waals surface area contributed by atoms with Gasteiger partial charge in [0, 0.05) is 50.7 Å². The summed E-state index contributed by atoms with van der Waals surface area (Å²) in [4.78, 5) is 58.3. The van der Waals surface area contributed by atoms with Gasteiger partial charge in [0.2, 0.25) is 0 Å². The topological polar surface area (TPSA) is 170 Å². The van der Waals surface area contributed by atoms with Crippen molar-refractivity contribution in [1.29, 1.82) is 0 Å². The molecule has 0 fully saturated rings. The second-order valence-corrected chi connectivity index (χ2v) is 10.7. The summed E-state index contributed by atoms with van der Waals surface area (Å²) < 4.78 is 0. The second kappa shape index (κ2) is 12.5. The molecule has 2 aliphatic rings. The lowest BCUT2D eigenvalue weighted by Gasteiger charge is -2.05. The van der Waals surface area contributed by atoms with Crippen molar-refractivity contribution in [2.45, 2.75) is 66.7 Å². The van der Waals surface area contributed by atoms with Gasteiger partial charge in [0.25, 0.3) is 11.8 Å². The molecule has 2 aromatic rings. The van der Waals surface area contributed by atoms with Crippen LogP contribution >= 0.6 is 0 Å². The second-order valence-electron chi connectivity index (χ2n) is 10.7. The zero-order valence-electron chi connectivity index (χ0n) is 24.9. The quantitative estimate of drug-likeness (QED) is 0.351. The molecule has 43 heavy (non-hydrogen) atoms. The zero-order chi connectivity index (χ0) is 31.6. The third-order valence-corrected chi connectivity index (χ3v) is 8.08. The van der Waals surface area contributed by atoms with Crippen molar-refractivity contribution >= 4 is 47.7 Å². The number of carbonyl (C=O) groups excluding carboxylic acids is 4. The number of carboxylic acid groups (broad SMARTS) is 2. The normalized spacial score (nSPS) is 17.0. The van der Waals surface area contributed by atoms with Crippen LogP contribution < -0.4 is 26.2 Å². The minimum atomic E-state index is -1.19. The Morgan fingerprint density at radius 1 is 0.837 bits per heavy atom. The lowest BCUT2D eigenvalue weighted by atomic mass is 10.0.